The highest BCUT2D eigenvalue weighted by Crippen LogP contribution is 2.11. The lowest BCUT2D eigenvalue weighted by molar-refractivity contribution is -0.129. The minimum Gasteiger partial charge on any atom is -0.399 e. The molecule has 0 aliphatic carbocycles. The van der Waals surface area contributed by atoms with E-state index in [4.69, 9.17) is 5.73 Å². The predicted molar refractivity (Wildman–Crippen MR) is 78.4 cm³/mol. The zero-order valence-corrected chi connectivity index (χ0v) is 11.8. The van der Waals surface area contributed by atoms with Crippen LogP contribution in [0, 0.1) is 6.92 Å². The minimum atomic E-state index is -0.186. The van der Waals surface area contributed by atoms with Crippen LogP contribution in [0.25, 0.3) is 0 Å². The lowest BCUT2D eigenvalue weighted by Crippen LogP contribution is -2.32. The highest BCUT2D eigenvalue weighted by atomic mass is 16.2. The van der Waals surface area contributed by atoms with E-state index < -0.39 is 0 Å². The third kappa shape index (κ3) is 3.73. The maximum atomic E-state index is 12.0. The number of nitrogen functional groups attached to an aromatic ring is 1. The Kier molecular flexibility index (Phi) is 4.61. The molecule has 0 saturated carbocycles. The summed E-state index contributed by atoms with van der Waals surface area (Å²) in [6.07, 6.45) is 2.52. The number of hydrogen-bond acceptors (Lipinski definition) is 3. The van der Waals surface area contributed by atoms with Crippen molar-refractivity contribution in [1.82, 2.24) is 10.2 Å². The summed E-state index contributed by atoms with van der Waals surface area (Å²) in [7, 11) is 0. The Hall–Kier alpha value is -2.04. The molecule has 0 unspecified atom stereocenters. The summed E-state index contributed by atoms with van der Waals surface area (Å²) < 4.78 is 0. The van der Waals surface area contributed by atoms with Gasteiger partial charge in [0.25, 0.3) is 5.91 Å². The van der Waals surface area contributed by atoms with Crippen LogP contribution in [0.1, 0.15) is 35.2 Å². The zero-order valence-electron chi connectivity index (χ0n) is 11.8. The van der Waals surface area contributed by atoms with Gasteiger partial charge >= 0.3 is 0 Å². The Morgan fingerprint density at radius 1 is 1.25 bits per heavy atom. The Labute approximate surface area is 119 Å². The van der Waals surface area contributed by atoms with E-state index >= 15 is 0 Å². The third-order valence-electron chi connectivity index (χ3n) is 3.45. The number of aryl methyl sites for hydroxylation is 1. The molecule has 5 heteroatoms. The number of carbonyl (C=O) groups is 2. The first-order valence-electron chi connectivity index (χ1n) is 6.99. The van der Waals surface area contributed by atoms with Crippen LogP contribution in [0.5, 0.6) is 0 Å². The first kappa shape index (κ1) is 14.4. The predicted octanol–water partition coefficient (Wildman–Crippen LogP) is 1.32. The van der Waals surface area contributed by atoms with Crippen LogP contribution in [0.2, 0.25) is 0 Å². The largest absolute Gasteiger partial charge is 0.399 e. The van der Waals surface area contributed by atoms with Crippen LogP contribution >= 0.6 is 0 Å². The number of rotatable bonds is 4. The summed E-state index contributed by atoms with van der Waals surface area (Å²) in [4.78, 5) is 25.6. The highest BCUT2D eigenvalue weighted by Gasteiger charge is 2.17. The number of nitrogens with two attached hydrogens (primary N) is 1. The molecule has 0 radical (unpaired) electrons. The summed E-state index contributed by atoms with van der Waals surface area (Å²) in [6.45, 7) is 3.95. The molecule has 1 fully saturated rings. The van der Waals surface area contributed by atoms with Gasteiger partial charge in [-0.15, -0.1) is 0 Å². The Morgan fingerprint density at radius 2 is 1.95 bits per heavy atom. The molecule has 0 aromatic heterocycles. The quantitative estimate of drug-likeness (QED) is 0.814. The van der Waals surface area contributed by atoms with Gasteiger partial charge in [0.1, 0.15) is 0 Å². The van der Waals surface area contributed by atoms with Crippen molar-refractivity contribution in [2.45, 2.75) is 26.2 Å². The van der Waals surface area contributed by atoms with Gasteiger partial charge in [0.15, 0.2) is 0 Å². The van der Waals surface area contributed by atoms with Crippen molar-refractivity contribution in [3.63, 3.8) is 0 Å². The summed E-state index contributed by atoms with van der Waals surface area (Å²) in [6, 6.07) is 5.24. The van der Waals surface area contributed by atoms with Gasteiger partial charge in [-0.3, -0.25) is 9.59 Å². The van der Waals surface area contributed by atoms with Crippen molar-refractivity contribution in [3.8, 4) is 0 Å². The summed E-state index contributed by atoms with van der Waals surface area (Å²) >= 11 is 0. The second-order valence-corrected chi connectivity index (χ2v) is 5.23. The fourth-order valence-corrected chi connectivity index (χ4v) is 2.45. The molecule has 108 valence electrons. The van der Waals surface area contributed by atoms with Crippen molar-refractivity contribution in [1.29, 1.82) is 0 Å². The average molecular weight is 275 g/mol. The minimum absolute atomic E-state index is 0.117. The van der Waals surface area contributed by atoms with Gasteiger partial charge in [0.05, 0.1) is 0 Å². The molecular formula is C15H21N3O2. The molecule has 0 atom stereocenters. The lowest BCUT2D eigenvalue weighted by Gasteiger charge is -2.15. The van der Waals surface area contributed by atoms with E-state index in [9.17, 15) is 9.59 Å². The van der Waals surface area contributed by atoms with Gasteiger partial charge in [0.2, 0.25) is 5.91 Å². The maximum Gasteiger partial charge on any atom is 0.251 e. The number of hydrogen-bond donors (Lipinski definition) is 2. The van der Waals surface area contributed by atoms with Crippen LogP contribution in [0.3, 0.4) is 0 Å². The van der Waals surface area contributed by atoms with E-state index in [0.717, 1.165) is 31.5 Å². The molecule has 5 nitrogen and oxygen atoms in total. The topological polar surface area (TPSA) is 75.4 Å². The maximum absolute atomic E-state index is 12.0. The van der Waals surface area contributed by atoms with Crippen molar-refractivity contribution >= 4 is 17.5 Å². The van der Waals surface area contributed by atoms with Crippen LogP contribution < -0.4 is 11.1 Å². The van der Waals surface area contributed by atoms with E-state index in [0.29, 0.717) is 24.2 Å². The van der Waals surface area contributed by atoms with Crippen LogP contribution in [0.4, 0.5) is 5.69 Å². The number of nitrogens with zero attached hydrogens (tertiary/aromatic N) is 1. The van der Waals surface area contributed by atoms with Gasteiger partial charge in [0, 0.05) is 37.3 Å². The van der Waals surface area contributed by atoms with E-state index in [2.05, 4.69) is 5.32 Å². The molecule has 1 aliphatic rings. The highest BCUT2D eigenvalue weighted by molar-refractivity contribution is 5.95. The standard InChI is InChI=1S/C15H21N3O2/c1-11-8-12(10-13(16)9-11)15(20)17-5-4-14(19)18-6-2-3-7-18/h8-10H,2-7,16H2,1H3,(H,17,20). The Balaban J connectivity index is 1.81. The SMILES string of the molecule is Cc1cc(N)cc(C(=O)NCCC(=O)N2CCCC2)c1. The molecule has 1 aromatic carbocycles. The van der Waals surface area contributed by atoms with Crippen molar-refractivity contribution in [3.05, 3.63) is 29.3 Å². The van der Waals surface area contributed by atoms with Crippen molar-refractivity contribution in [2.75, 3.05) is 25.4 Å². The van der Waals surface area contributed by atoms with Crippen LogP contribution in [-0.4, -0.2) is 36.3 Å². The molecule has 1 aromatic rings. The van der Waals surface area contributed by atoms with E-state index in [-0.39, 0.29) is 11.8 Å². The molecule has 2 rings (SSSR count). The van der Waals surface area contributed by atoms with Crippen molar-refractivity contribution in [2.24, 2.45) is 0 Å². The Bertz CT molecular complexity index is 488. The first-order chi connectivity index (χ1) is 9.56. The van der Waals surface area contributed by atoms with E-state index in [1.165, 1.54) is 0 Å². The van der Waals surface area contributed by atoms with E-state index in [1.54, 1.807) is 12.1 Å². The normalized spacial score (nSPS) is 14.3. The van der Waals surface area contributed by atoms with Crippen LogP contribution in [-0.2, 0) is 4.79 Å². The number of anilines is 1. The monoisotopic (exact) mass is 275 g/mol. The zero-order chi connectivity index (χ0) is 14.5. The molecule has 0 spiro atoms. The summed E-state index contributed by atoms with van der Waals surface area (Å²) in [5.41, 5.74) is 7.77. The fraction of sp³-hybridized carbons (Fsp3) is 0.467. The van der Waals surface area contributed by atoms with Crippen LogP contribution in [0.15, 0.2) is 18.2 Å². The first-order valence-corrected chi connectivity index (χ1v) is 6.99. The Morgan fingerprint density at radius 3 is 2.60 bits per heavy atom. The molecule has 1 aliphatic heterocycles. The second kappa shape index (κ2) is 6.41. The summed E-state index contributed by atoms with van der Waals surface area (Å²) in [5, 5.41) is 2.77. The molecule has 0 bridgehead atoms. The van der Waals surface area contributed by atoms with Crippen molar-refractivity contribution < 1.29 is 9.59 Å². The van der Waals surface area contributed by atoms with Gasteiger partial charge in [-0.25, -0.2) is 0 Å². The lowest BCUT2D eigenvalue weighted by atomic mass is 10.1. The third-order valence-corrected chi connectivity index (χ3v) is 3.45. The molecule has 20 heavy (non-hydrogen) atoms. The number of likely N-dealkylation sites (tertiary alicyclic amines) is 1. The number of amides is 2. The van der Waals surface area contributed by atoms with Gasteiger partial charge < -0.3 is 16.0 Å². The smallest absolute Gasteiger partial charge is 0.251 e. The van der Waals surface area contributed by atoms with Gasteiger partial charge in [-0.05, 0) is 43.5 Å². The molecule has 2 amide bonds. The molecular weight excluding hydrogens is 254 g/mol. The van der Waals surface area contributed by atoms with Gasteiger partial charge in [-0.2, -0.15) is 0 Å². The second-order valence-electron chi connectivity index (χ2n) is 5.23. The molecule has 1 heterocycles. The number of nitrogens with one attached hydrogen (secondary N) is 1. The number of carbonyl (C=O) groups excluding carboxylic acids is 2. The fourth-order valence-electron chi connectivity index (χ4n) is 2.45. The van der Waals surface area contributed by atoms with Gasteiger partial charge in [-0.1, -0.05) is 0 Å². The number of benzene rings is 1. The summed E-state index contributed by atoms with van der Waals surface area (Å²) in [5.74, 6) is -0.0684. The molecule has 3 N–H and O–H groups in total. The molecule has 1 saturated heterocycles. The average Bonchev–Trinajstić information content (AvgIpc) is 2.91. The van der Waals surface area contributed by atoms with E-state index in [1.807, 2.05) is 17.9 Å².